The number of hydrogen-bond acceptors (Lipinski definition) is 7. The summed E-state index contributed by atoms with van der Waals surface area (Å²) in [5, 5.41) is 25.9. The Hall–Kier alpha value is -4.02. The first-order valence-electron chi connectivity index (χ1n) is 13.3. The molecule has 216 valence electrons. The number of amides is 3. The van der Waals surface area contributed by atoms with Gasteiger partial charge in [0, 0.05) is 22.9 Å². The van der Waals surface area contributed by atoms with E-state index in [4.69, 9.17) is 0 Å². The molecule has 0 aromatic heterocycles. The molecule has 0 bridgehead atoms. The number of phenolic OH excluding ortho intramolecular Hbond substituents is 1. The second kappa shape index (κ2) is 12.7. The normalized spacial score (nSPS) is 17.4. The van der Waals surface area contributed by atoms with Gasteiger partial charge in [0.2, 0.25) is 0 Å². The summed E-state index contributed by atoms with van der Waals surface area (Å²) in [6.45, 7) is 5.40. The third-order valence-corrected chi connectivity index (χ3v) is 8.67. The van der Waals surface area contributed by atoms with Gasteiger partial charge in [-0.3, -0.25) is 24.8 Å². The van der Waals surface area contributed by atoms with Gasteiger partial charge in [-0.2, -0.15) is 0 Å². The lowest BCUT2D eigenvalue weighted by Crippen LogP contribution is -2.60. The molecule has 1 aliphatic heterocycles. The molecule has 3 aromatic rings. The monoisotopic (exact) mass is 576 g/mol. The minimum absolute atomic E-state index is 0.0282. The largest absolute Gasteiger partial charge is 0.508 e. The molecule has 41 heavy (non-hydrogen) atoms. The number of aliphatic hydroxyl groups excluding tert-OH is 1. The number of phenols is 1. The standard InChI is InChI=1S/C31H36N4O5S/c1-20-23(16-11-17-25(20)36)28(38)32-24(18-21-12-7-5-8-13-21)26(37)30(40)35-19-41-31(2,3)27(35)29(39)33-34(4)22-14-9-6-10-15-22/h5-17,24,26-27,36-37H,18-19H2,1-4H3,(H,32,38)(H,33,39)/t24-,26-,27-/m0/s1. The van der Waals surface area contributed by atoms with Crippen molar-refractivity contribution >= 4 is 35.2 Å². The van der Waals surface area contributed by atoms with Crippen LogP contribution in [0, 0.1) is 6.92 Å². The van der Waals surface area contributed by atoms with Crippen molar-refractivity contribution in [3.63, 3.8) is 0 Å². The first kappa shape index (κ1) is 30.0. The molecule has 3 aromatic carbocycles. The maximum atomic E-state index is 13.9. The summed E-state index contributed by atoms with van der Waals surface area (Å²) in [6, 6.07) is 21.3. The van der Waals surface area contributed by atoms with E-state index in [9.17, 15) is 24.6 Å². The summed E-state index contributed by atoms with van der Waals surface area (Å²) >= 11 is 1.44. The molecule has 0 radical (unpaired) electrons. The maximum Gasteiger partial charge on any atom is 0.262 e. The van der Waals surface area contributed by atoms with Crippen molar-refractivity contribution in [2.75, 3.05) is 17.9 Å². The van der Waals surface area contributed by atoms with Crippen LogP contribution in [-0.4, -0.2) is 68.7 Å². The molecule has 1 aliphatic rings. The topological polar surface area (TPSA) is 122 Å². The van der Waals surface area contributed by atoms with Gasteiger partial charge < -0.3 is 20.4 Å². The third kappa shape index (κ3) is 6.83. The molecule has 1 fully saturated rings. The second-order valence-electron chi connectivity index (χ2n) is 10.6. The molecule has 9 nitrogen and oxygen atoms in total. The quantitative estimate of drug-likeness (QED) is 0.289. The summed E-state index contributed by atoms with van der Waals surface area (Å²) in [7, 11) is 1.72. The van der Waals surface area contributed by atoms with E-state index in [2.05, 4.69) is 10.7 Å². The van der Waals surface area contributed by atoms with E-state index >= 15 is 0 Å². The van der Waals surface area contributed by atoms with Gasteiger partial charge in [-0.05, 0) is 57.0 Å². The summed E-state index contributed by atoms with van der Waals surface area (Å²) in [6.07, 6.45) is -1.46. The molecule has 0 spiro atoms. The number of hydrazine groups is 1. The number of hydrogen-bond donors (Lipinski definition) is 4. The highest BCUT2D eigenvalue weighted by Gasteiger charge is 2.50. The van der Waals surface area contributed by atoms with Crippen molar-refractivity contribution in [3.8, 4) is 5.75 Å². The zero-order valence-electron chi connectivity index (χ0n) is 23.6. The minimum Gasteiger partial charge on any atom is -0.508 e. The summed E-state index contributed by atoms with van der Waals surface area (Å²) in [5.74, 6) is -1.39. The Morgan fingerprint density at radius 2 is 1.66 bits per heavy atom. The van der Waals surface area contributed by atoms with Gasteiger partial charge >= 0.3 is 0 Å². The van der Waals surface area contributed by atoms with Crippen LogP contribution in [0.3, 0.4) is 0 Å². The first-order chi connectivity index (χ1) is 19.5. The average molecular weight is 577 g/mol. The van der Waals surface area contributed by atoms with E-state index < -0.39 is 34.7 Å². The molecular formula is C31H36N4O5S. The van der Waals surface area contributed by atoms with Gasteiger partial charge in [0.1, 0.15) is 11.8 Å². The van der Waals surface area contributed by atoms with Gasteiger partial charge in [-0.25, -0.2) is 0 Å². The van der Waals surface area contributed by atoms with Crippen LogP contribution in [0.2, 0.25) is 0 Å². The van der Waals surface area contributed by atoms with Crippen LogP contribution >= 0.6 is 11.8 Å². The van der Waals surface area contributed by atoms with Crippen molar-refractivity contribution in [2.24, 2.45) is 0 Å². The SMILES string of the molecule is Cc1c(O)cccc1C(=O)N[C@@H](Cc1ccccc1)[C@H](O)C(=O)N1CSC(C)(C)[C@@H]1C(=O)NN(C)c1ccccc1. The Morgan fingerprint density at radius 1 is 1.02 bits per heavy atom. The number of thioether (sulfide) groups is 1. The zero-order valence-corrected chi connectivity index (χ0v) is 24.4. The van der Waals surface area contributed by atoms with Crippen molar-refractivity contribution in [2.45, 2.75) is 50.1 Å². The molecule has 1 heterocycles. The van der Waals surface area contributed by atoms with Crippen LogP contribution in [0.4, 0.5) is 5.69 Å². The molecule has 4 rings (SSSR count). The third-order valence-electron chi connectivity index (χ3n) is 7.30. The highest BCUT2D eigenvalue weighted by Crippen LogP contribution is 2.40. The van der Waals surface area contributed by atoms with Gasteiger partial charge in [0.15, 0.2) is 6.10 Å². The highest BCUT2D eigenvalue weighted by molar-refractivity contribution is 8.00. The van der Waals surface area contributed by atoms with Crippen LogP contribution in [0.5, 0.6) is 5.75 Å². The lowest BCUT2D eigenvalue weighted by Gasteiger charge is -2.34. The van der Waals surface area contributed by atoms with Crippen LogP contribution in [-0.2, 0) is 16.0 Å². The second-order valence-corrected chi connectivity index (χ2v) is 12.2. The summed E-state index contributed by atoms with van der Waals surface area (Å²) < 4.78 is -0.631. The van der Waals surface area contributed by atoms with E-state index in [1.54, 1.807) is 31.1 Å². The van der Waals surface area contributed by atoms with E-state index in [1.807, 2.05) is 74.5 Å². The Balaban J connectivity index is 1.57. The minimum atomic E-state index is -1.63. The number of benzene rings is 3. The number of nitrogens with zero attached hydrogens (tertiary/aromatic N) is 2. The highest BCUT2D eigenvalue weighted by atomic mass is 32.2. The molecule has 1 saturated heterocycles. The lowest BCUT2D eigenvalue weighted by atomic mass is 9.96. The number of nitrogens with one attached hydrogen (secondary N) is 2. The number of carbonyl (C=O) groups is 3. The Labute approximate surface area is 244 Å². The predicted octanol–water partition coefficient (Wildman–Crippen LogP) is 3.25. The van der Waals surface area contributed by atoms with Gasteiger partial charge in [0.25, 0.3) is 17.7 Å². The number of aromatic hydroxyl groups is 1. The van der Waals surface area contributed by atoms with Crippen LogP contribution in [0.25, 0.3) is 0 Å². The van der Waals surface area contributed by atoms with Gasteiger partial charge in [-0.15, -0.1) is 11.8 Å². The fraction of sp³-hybridized carbons (Fsp3) is 0.323. The van der Waals surface area contributed by atoms with Gasteiger partial charge in [-0.1, -0.05) is 54.6 Å². The molecule has 10 heteroatoms. The number of para-hydroxylation sites is 1. The smallest absolute Gasteiger partial charge is 0.262 e. The van der Waals surface area contributed by atoms with E-state index in [0.717, 1.165) is 11.3 Å². The van der Waals surface area contributed by atoms with Crippen LogP contribution in [0.15, 0.2) is 78.9 Å². The van der Waals surface area contributed by atoms with Crippen LogP contribution < -0.4 is 15.8 Å². The van der Waals surface area contributed by atoms with E-state index in [-0.39, 0.29) is 29.5 Å². The summed E-state index contributed by atoms with van der Waals surface area (Å²) in [4.78, 5) is 42.0. The van der Waals surface area contributed by atoms with Crippen LogP contribution in [0.1, 0.15) is 35.3 Å². The number of aliphatic hydroxyl groups is 1. The molecule has 0 saturated carbocycles. The Kier molecular flexibility index (Phi) is 9.25. The molecular weight excluding hydrogens is 540 g/mol. The number of anilines is 1. The van der Waals surface area contributed by atoms with Gasteiger partial charge in [0.05, 0.1) is 17.6 Å². The fourth-order valence-electron chi connectivity index (χ4n) is 4.92. The predicted molar refractivity (Wildman–Crippen MR) is 160 cm³/mol. The first-order valence-corrected chi connectivity index (χ1v) is 14.3. The van der Waals surface area contributed by atoms with E-state index in [0.29, 0.717) is 5.56 Å². The molecule has 3 atom stereocenters. The molecule has 4 N–H and O–H groups in total. The average Bonchev–Trinajstić information content (AvgIpc) is 3.29. The van der Waals surface area contributed by atoms with Crippen molar-refractivity contribution in [1.82, 2.24) is 15.6 Å². The van der Waals surface area contributed by atoms with Crippen molar-refractivity contribution in [1.29, 1.82) is 0 Å². The Bertz CT molecular complexity index is 1390. The molecule has 0 unspecified atom stereocenters. The number of carbonyl (C=O) groups excluding carboxylic acids is 3. The van der Waals surface area contributed by atoms with Crippen molar-refractivity contribution < 1.29 is 24.6 Å². The molecule has 0 aliphatic carbocycles. The van der Waals surface area contributed by atoms with Crippen molar-refractivity contribution in [3.05, 3.63) is 95.6 Å². The lowest BCUT2D eigenvalue weighted by molar-refractivity contribution is -0.147. The summed E-state index contributed by atoms with van der Waals surface area (Å²) in [5.41, 5.74) is 5.08. The fourth-order valence-corrected chi connectivity index (χ4v) is 6.06. The van der Waals surface area contributed by atoms with E-state index in [1.165, 1.54) is 22.7 Å². The number of rotatable bonds is 9. The maximum absolute atomic E-state index is 13.9. The zero-order chi connectivity index (χ0) is 29.7. The molecule has 3 amide bonds. The Morgan fingerprint density at radius 3 is 2.32 bits per heavy atom.